The van der Waals surface area contributed by atoms with Crippen LogP contribution in [0.4, 0.5) is 0 Å². The van der Waals surface area contributed by atoms with Crippen LogP contribution in [0.5, 0.6) is 0 Å². The van der Waals surface area contributed by atoms with Crippen LogP contribution in [0.3, 0.4) is 0 Å². The van der Waals surface area contributed by atoms with Crippen molar-refractivity contribution in [2.75, 3.05) is 0 Å². The summed E-state index contributed by atoms with van der Waals surface area (Å²) in [4.78, 5) is 28.5. The highest BCUT2D eigenvalue weighted by Crippen LogP contribution is 2.12. The maximum Gasteiger partial charge on any atom is 0.373 e. The van der Waals surface area contributed by atoms with Gasteiger partial charge in [-0.3, -0.25) is 14.9 Å². The lowest BCUT2D eigenvalue weighted by Crippen LogP contribution is -2.24. The predicted octanol–water partition coefficient (Wildman–Crippen LogP) is 2.46. The Labute approximate surface area is 112 Å². The van der Waals surface area contributed by atoms with E-state index in [4.69, 9.17) is 15.6 Å². The van der Waals surface area contributed by atoms with Crippen molar-refractivity contribution in [1.29, 1.82) is 0 Å². The van der Waals surface area contributed by atoms with Crippen LogP contribution < -0.4 is 0 Å². The van der Waals surface area contributed by atoms with E-state index in [2.05, 4.69) is 9.78 Å². The Morgan fingerprint density at radius 3 is 1.89 bits per heavy atom. The molecule has 0 heterocycles. The van der Waals surface area contributed by atoms with E-state index in [1.54, 1.807) is 0 Å². The maximum absolute atomic E-state index is 10.8. The van der Waals surface area contributed by atoms with E-state index >= 15 is 0 Å². The molecule has 0 aliphatic heterocycles. The van der Waals surface area contributed by atoms with Crippen molar-refractivity contribution in [2.45, 2.75) is 63.9 Å². The third-order valence-corrected chi connectivity index (χ3v) is 2.84. The Bertz CT molecular complexity index is 254. The zero-order valence-electron chi connectivity index (χ0n) is 10.9. The van der Waals surface area contributed by atoms with Gasteiger partial charge in [0.05, 0.1) is 0 Å². The SMILES string of the molecule is O=C(O)CCCCCCCCCC(OO)C(=O)OO. The summed E-state index contributed by atoms with van der Waals surface area (Å²) in [7, 11) is 0. The predicted molar refractivity (Wildman–Crippen MR) is 65.4 cm³/mol. The van der Waals surface area contributed by atoms with Crippen LogP contribution in [0, 0.1) is 0 Å². The van der Waals surface area contributed by atoms with Gasteiger partial charge in [-0.25, -0.2) is 9.68 Å². The van der Waals surface area contributed by atoms with Gasteiger partial charge < -0.3 is 5.11 Å². The van der Waals surface area contributed by atoms with Gasteiger partial charge in [0.1, 0.15) is 0 Å². The van der Waals surface area contributed by atoms with Crippen molar-refractivity contribution in [3.8, 4) is 0 Å². The average molecular weight is 278 g/mol. The van der Waals surface area contributed by atoms with Gasteiger partial charge in [0.15, 0.2) is 6.10 Å². The Balaban J connectivity index is 3.35. The minimum atomic E-state index is -1.14. The van der Waals surface area contributed by atoms with Crippen LogP contribution in [-0.4, -0.2) is 33.7 Å². The lowest BCUT2D eigenvalue weighted by molar-refractivity contribution is -0.301. The number of hydrogen-bond acceptors (Lipinski definition) is 6. The van der Waals surface area contributed by atoms with Gasteiger partial charge in [0.2, 0.25) is 0 Å². The summed E-state index contributed by atoms with van der Waals surface area (Å²) >= 11 is 0. The Morgan fingerprint density at radius 1 is 0.895 bits per heavy atom. The first kappa shape index (κ1) is 17.8. The summed E-state index contributed by atoms with van der Waals surface area (Å²) in [5, 5.41) is 25.0. The van der Waals surface area contributed by atoms with Crippen molar-refractivity contribution in [1.82, 2.24) is 0 Å². The van der Waals surface area contributed by atoms with Gasteiger partial charge in [-0.2, -0.15) is 5.26 Å². The zero-order valence-corrected chi connectivity index (χ0v) is 10.9. The molecule has 0 bridgehead atoms. The van der Waals surface area contributed by atoms with Gasteiger partial charge >= 0.3 is 11.9 Å². The molecule has 0 aliphatic carbocycles. The fourth-order valence-electron chi connectivity index (χ4n) is 1.76. The molecule has 0 fully saturated rings. The monoisotopic (exact) mass is 278 g/mol. The fourth-order valence-corrected chi connectivity index (χ4v) is 1.76. The Kier molecular flexibility index (Phi) is 11.1. The van der Waals surface area contributed by atoms with Crippen LogP contribution >= 0.6 is 0 Å². The highest BCUT2D eigenvalue weighted by molar-refractivity contribution is 5.73. The number of carboxylic acids is 1. The molecule has 0 aliphatic rings. The van der Waals surface area contributed by atoms with E-state index in [1.807, 2.05) is 0 Å². The summed E-state index contributed by atoms with van der Waals surface area (Å²) in [6.45, 7) is 0. The largest absolute Gasteiger partial charge is 0.481 e. The van der Waals surface area contributed by atoms with Crippen LogP contribution in [0.1, 0.15) is 57.8 Å². The number of carboxylic acid groups (broad SMARTS) is 1. The fraction of sp³-hybridized carbons (Fsp3) is 0.833. The number of aliphatic carboxylic acids is 1. The zero-order chi connectivity index (χ0) is 14.5. The molecule has 0 rings (SSSR count). The molecule has 1 unspecified atom stereocenters. The minimum absolute atomic E-state index is 0.221. The molecule has 19 heavy (non-hydrogen) atoms. The quantitative estimate of drug-likeness (QED) is 0.285. The lowest BCUT2D eigenvalue weighted by atomic mass is 10.1. The average Bonchev–Trinajstić information content (AvgIpc) is 2.40. The molecular weight excluding hydrogens is 256 g/mol. The molecule has 7 nitrogen and oxygen atoms in total. The highest BCUT2D eigenvalue weighted by Gasteiger charge is 2.20. The molecule has 0 spiro atoms. The van der Waals surface area contributed by atoms with Crippen LogP contribution in [-0.2, 0) is 19.4 Å². The maximum atomic E-state index is 10.8. The summed E-state index contributed by atoms with van der Waals surface area (Å²) in [6, 6.07) is 0. The molecule has 0 saturated carbocycles. The normalized spacial score (nSPS) is 12.1. The van der Waals surface area contributed by atoms with Crippen LogP contribution in [0.15, 0.2) is 0 Å². The minimum Gasteiger partial charge on any atom is -0.481 e. The molecule has 1 atom stereocenters. The first-order chi connectivity index (χ1) is 9.11. The third kappa shape index (κ3) is 10.4. The standard InChI is InChI=1S/C12H22O7/c13-11(14)9-7-5-3-1-2-4-6-8-10(18-16)12(15)19-17/h10,16-17H,1-9H2,(H,13,14). The molecule has 0 aromatic heterocycles. The second-order valence-electron chi connectivity index (χ2n) is 4.41. The van der Waals surface area contributed by atoms with E-state index in [0.717, 1.165) is 32.1 Å². The van der Waals surface area contributed by atoms with Gasteiger partial charge in [0.25, 0.3) is 0 Å². The van der Waals surface area contributed by atoms with Crippen LogP contribution in [0.2, 0.25) is 0 Å². The van der Waals surface area contributed by atoms with Crippen molar-refractivity contribution in [2.24, 2.45) is 0 Å². The molecular formula is C12H22O7. The number of hydrogen-bond donors (Lipinski definition) is 3. The molecule has 7 heteroatoms. The summed E-state index contributed by atoms with van der Waals surface area (Å²) in [5.74, 6) is -1.76. The van der Waals surface area contributed by atoms with E-state index in [1.165, 1.54) is 0 Å². The van der Waals surface area contributed by atoms with Crippen molar-refractivity contribution in [3.63, 3.8) is 0 Å². The first-order valence-corrected chi connectivity index (χ1v) is 6.49. The van der Waals surface area contributed by atoms with Crippen molar-refractivity contribution < 1.29 is 35.0 Å². The van der Waals surface area contributed by atoms with E-state index in [9.17, 15) is 9.59 Å². The summed E-state index contributed by atoms with van der Waals surface area (Å²) in [6.07, 6.45) is 5.50. The molecule has 0 saturated heterocycles. The molecule has 112 valence electrons. The van der Waals surface area contributed by atoms with Gasteiger partial charge in [-0.05, 0) is 12.8 Å². The number of carbonyl (C=O) groups excluding carboxylic acids is 1. The van der Waals surface area contributed by atoms with E-state index < -0.39 is 18.0 Å². The topological polar surface area (TPSA) is 113 Å². The Hall–Kier alpha value is -1.18. The summed E-state index contributed by atoms with van der Waals surface area (Å²) < 4.78 is 0. The summed E-state index contributed by atoms with van der Waals surface area (Å²) in [5.41, 5.74) is 0. The van der Waals surface area contributed by atoms with E-state index in [-0.39, 0.29) is 12.8 Å². The van der Waals surface area contributed by atoms with E-state index in [0.29, 0.717) is 12.8 Å². The van der Waals surface area contributed by atoms with Gasteiger partial charge in [-0.1, -0.05) is 38.5 Å². The van der Waals surface area contributed by atoms with Crippen molar-refractivity contribution >= 4 is 11.9 Å². The second-order valence-corrected chi connectivity index (χ2v) is 4.41. The van der Waals surface area contributed by atoms with Crippen molar-refractivity contribution in [3.05, 3.63) is 0 Å². The molecule has 0 aromatic rings. The molecule has 0 aromatic carbocycles. The number of carbonyl (C=O) groups is 2. The molecule has 0 radical (unpaired) electrons. The smallest absolute Gasteiger partial charge is 0.373 e. The van der Waals surface area contributed by atoms with Crippen LogP contribution in [0.25, 0.3) is 0 Å². The first-order valence-electron chi connectivity index (χ1n) is 6.49. The Morgan fingerprint density at radius 2 is 1.42 bits per heavy atom. The highest BCUT2D eigenvalue weighted by atomic mass is 17.1. The molecule has 3 N–H and O–H groups in total. The number of rotatable bonds is 12. The third-order valence-electron chi connectivity index (χ3n) is 2.84. The lowest BCUT2D eigenvalue weighted by Gasteiger charge is -2.08. The van der Waals surface area contributed by atoms with Gasteiger partial charge in [-0.15, -0.1) is 0 Å². The number of unbranched alkanes of at least 4 members (excludes halogenated alkanes) is 6. The molecule has 0 amide bonds. The second kappa shape index (κ2) is 11.9. The van der Waals surface area contributed by atoms with Gasteiger partial charge in [0, 0.05) is 6.42 Å².